The van der Waals surface area contributed by atoms with E-state index in [2.05, 4.69) is 34.5 Å². The number of Topliss-reactive ketones (excluding diaryl/α,β-unsaturated/α-hetero) is 1. The number of carbonyl (C=O) groups is 2. The Labute approximate surface area is 247 Å². The molecule has 1 unspecified atom stereocenters. The van der Waals surface area contributed by atoms with E-state index in [-0.39, 0.29) is 35.0 Å². The molecule has 6 nitrogen and oxygen atoms in total. The van der Waals surface area contributed by atoms with Gasteiger partial charge in [0.1, 0.15) is 5.75 Å². The van der Waals surface area contributed by atoms with E-state index in [4.69, 9.17) is 16.3 Å². The normalized spacial score (nSPS) is 23.2. The fourth-order valence-electron chi connectivity index (χ4n) is 7.24. The zero-order chi connectivity index (χ0) is 28.4. The first-order valence-corrected chi connectivity index (χ1v) is 15.1. The molecule has 3 saturated heterocycles. The number of carbonyl (C=O) groups excluding carboxylic acids is 2. The van der Waals surface area contributed by atoms with Crippen LogP contribution in [0.2, 0.25) is 5.02 Å². The average Bonchev–Trinajstić information content (AvgIpc) is 3.61. The van der Waals surface area contributed by atoms with Crippen molar-refractivity contribution in [1.29, 1.82) is 0 Å². The monoisotopic (exact) mass is 571 g/mol. The molecule has 3 fully saturated rings. The van der Waals surface area contributed by atoms with Crippen LogP contribution in [-0.2, 0) is 11.3 Å². The fourth-order valence-corrected chi connectivity index (χ4v) is 7.47. The first-order valence-electron chi connectivity index (χ1n) is 14.7. The summed E-state index contributed by atoms with van der Waals surface area (Å²) < 4.78 is 5.28. The van der Waals surface area contributed by atoms with Crippen LogP contribution in [0.25, 0.3) is 0 Å². The smallest absolute Gasteiger partial charge is 0.229 e. The molecule has 214 valence electrons. The predicted molar refractivity (Wildman–Crippen MR) is 161 cm³/mol. The molecule has 3 aliphatic rings. The van der Waals surface area contributed by atoms with Gasteiger partial charge in [-0.2, -0.15) is 0 Å². The molecule has 0 radical (unpaired) electrons. The molecule has 41 heavy (non-hydrogen) atoms. The molecule has 0 aliphatic carbocycles. The van der Waals surface area contributed by atoms with Gasteiger partial charge in [0.15, 0.2) is 5.78 Å². The minimum absolute atomic E-state index is 0.0834. The molecular weight excluding hydrogens is 534 g/mol. The molecule has 3 aromatic carbocycles. The van der Waals surface area contributed by atoms with Crippen molar-refractivity contribution < 1.29 is 14.3 Å². The lowest BCUT2D eigenvalue weighted by Crippen LogP contribution is -2.54. The van der Waals surface area contributed by atoms with E-state index < -0.39 is 0 Å². The second kappa shape index (κ2) is 12.0. The van der Waals surface area contributed by atoms with Crippen molar-refractivity contribution in [3.05, 3.63) is 101 Å². The maximum absolute atomic E-state index is 14.3. The highest BCUT2D eigenvalue weighted by atomic mass is 35.5. The largest absolute Gasteiger partial charge is 0.497 e. The second-order valence-electron chi connectivity index (χ2n) is 11.8. The highest BCUT2D eigenvalue weighted by Crippen LogP contribution is 2.44. The number of likely N-dealkylation sites (tertiary alicyclic amines) is 2. The summed E-state index contributed by atoms with van der Waals surface area (Å²) >= 11 is 6.57. The van der Waals surface area contributed by atoms with E-state index in [1.807, 2.05) is 53.4 Å². The molecule has 6 rings (SSSR count). The summed E-state index contributed by atoms with van der Waals surface area (Å²) in [6, 6.07) is 25.6. The summed E-state index contributed by atoms with van der Waals surface area (Å²) in [6.45, 7) is 4.46. The van der Waals surface area contributed by atoms with E-state index in [1.54, 1.807) is 13.2 Å². The summed E-state index contributed by atoms with van der Waals surface area (Å²) in [5.41, 5.74) is 2.61. The molecule has 1 amide bonds. The molecule has 0 aromatic heterocycles. The van der Waals surface area contributed by atoms with Crippen molar-refractivity contribution in [2.24, 2.45) is 11.3 Å². The van der Waals surface area contributed by atoms with E-state index in [0.29, 0.717) is 17.1 Å². The number of halogens is 1. The number of benzene rings is 3. The van der Waals surface area contributed by atoms with Crippen LogP contribution in [0.3, 0.4) is 0 Å². The number of ether oxygens (including phenoxy) is 1. The third-order valence-corrected chi connectivity index (χ3v) is 9.91. The molecule has 0 saturated carbocycles. The summed E-state index contributed by atoms with van der Waals surface area (Å²) in [4.78, 5) is 32.4. The standard InChI is InChI=1S/C34H38ClN3O3/c1-41-26-13-11-24(12-14-26)23-38-20-17-34(33(38)40)15-18-37(19-16-34)31(32(39)27-9-5-6-10-30(27)35)29-22-36-21-28(29)25-7-3-2-4-8-25/h2-14,28-29,31,36H,15-23H2,1H3/t28-,29-,31?/m1/s1. The number of ketones is 1. The van der Waals surface area contributed by atoms with Crippen LogP contribution in [0, 0.1) is 11.3 Å². The number of rotatable bonds is 8. The van der Waals surface area contributed by atoms with Crippen LogP contribution in [0.5, 0.6) is 5.75 Å². The molecule has 3 heterocycles. The van der Waals surface area contributed by atoms with Gasteiger partial charge in [-0.25, -0.2) is 0 Å². The Kier molecular flexibility index (Phi) is 8.16. The number of hydrogen-bond donors (Lipinski definition) is 1. The van der Waals surface area contributed by atoms with Crippen molar-refractivity contribution in [3.8, 4) is 5.75 Å². The van der Waals surface area contributed by atoms with Gasteiger partial charge in [-0.1, -0.05) is 66.2 Å². The van der Waals surface area contributed by atoms with Gasteiger partial charge in [0, 0.05) is 43.6 Å². The molecule has 1 spiro atoms. The third kappa shape index (κ3) is 5.53. The van der Waals surface area contributed by atoms with Gasteiger partial charge in [-0.3, -0.25) is 14.5 Å². The Hall–Kier alpha value is -3.19. The van der Waals surface area contributed by atoms with E-state index in [0.717, 1.165) is 63.3 Å². The van der Waals surface area contributed by atoms with E-state index >= 15 is 0 Å². The molecule has 3 atom stereocenters. The highest BCUT2D eigenvalue weighted by molar-refractivity contribution is 6.34. The van der Waals surface area contributed by atoms with Gasteiger partial charge in [0.25, 0.3) is 0 Å². The summed E-state index contributed by atoms with van der Waals surface area (Å²) in [5, 5.41) is 4.07. The number of nitrogens with one attached hydrogen (secondary N) is 1. The van der Waals surface area contributed by atoms with Crippen molar-refractivity contribution >= 4 is 23.3 Å². The minimum atomic E-state index is -0.340. The summed E-state index contributed by atoms with van der Waals surface area (Å²) in [6.07, 6.45) is 2.41. The number of hydrogen-bond acceptors (Lipinski definition) is 5. The topological polar surface area (TPSA) is 61.9 Å². The van der Waals surface area contributed by atoms with Crippen molar-refractivity contribution in [2.45, 2.75) is 37.8 Å². The first kappa shape index (κ1) is 28.0. The highest BCUT2D eigenvalue weighted by Gasteiger charge is 2.50. The van der Waals surface area contributed by atoms with E-state index in [1.165, 1.54) is 5.56 Å². The lowest BCUT2D eigenvalue weighted by atomic mass is 9.74. The number of nitrogens with zero attached hydrogens (tertiary/aromatic N) is 2. The quantitative estimate of drug-likeness (QED) is 0.366. The molecule has 0 bridgehead atoms. The second-order valence-corrected chi connectivity index (χ2v) is 12.2. The van der Waals surface area contributed by atoms with Crippen LogP contribution in [0.1, 0.15) is 46.7 Å². The van der Waals surface area contributed by atoms with Gasteiger partial charge in [0.2, 0.25) is 5.91 Å². The molecule has 3 aliphatic heterocycles. The Balaban J connectivity index is 1.21. The number of piperidine rings is 1. The Morgan fingerprint density at radius 2 is 1.63 bits per heavy atom. The SMILES string of the molecule is COc1ccc(CN2CCC3(CCN(C(C(=O)c4ccccc4Cl)[C@@H]4CNC[C@@H]4c4ccccc4)CC3)C2=O)cc1. The van der Waals surface area contributed by atoms with Crippen LogP contribution >= 0.6 is 11.6 Å². The Bertz CT molecular complexity index is 1370. The average molecular weight is 572 g/mol. The number of amides is 1. The maximum Gasteiger partial charge on any atom is 0.229 e. The fraction of sp³-hybridized carbons (Fsp3) is 0.412. The van der Waals surface area contributed by atoms with E-state index in [9.17, 15) is 9.59 Å². The van der Waals surface area contributed by atoms with Gasteiger partial charge in [-0.15, -0.1) is 0 Å². The molecular formula is C34H38ClN3O3. The Morgan fingerprint density at radius 3 is 2.34 bits per heavy atom. The van der Waals surface area contributed by atoms with Crippen LogP contribution in [0.15, 0.2) is 78.9 Å². The zero-order valence-electron chi connectivity index (χ0n) is 23.6. The van der Waals surface area contributed by atoms with Crippen LogP contribution in [0.4, 0.5) is 0 Å². The van der Waals surface area contributed by atoms with Gasteiger partial charge in [0.05, 0.1) is 23.6 Å². The maximum atomic E-state index is 14.3. The first-order chi connectivity index (χ1) is 20.0. The van der Waals surface area contributed by atoms with Crippen molar-refractivity contribution in [2.75, 3.05) is 39.8 Å². The van der Waals surface area contributed by atoms with Crippen molar-refractivity contribution in [1.82, 2.24) is 15.1 Å². The van der Waals surface area contributed by atoms with Crippen LogP contribution in [-0.4, -0.2) is 67.4 Å². The molecule has 7 heteroatoms. The third-order valence-electron chi connectivity index (χ3n) is 9.58. The molecule has 3 aromatic rings. The lowest BCUT2D eigenvalue weighted by Gasteiger charge is -2.43. The zero-order valence-corrected chi connectivity index (χ0v) is 24.4. The number of methoxy groups -OCH3 is 1. The molecule has 1 N–H and O–H groups in total. The van der Waals surface area contributed by atoms with Crippen LogP contribution < -0.4 is 10.1 Å². The lowest BCUT2D eigenvalue weighted by molar-refractivity contribution is -0.139. The minimum Gasteiger partial charge on any atom is -0.497 e. The Morgan fingerprint density at radius 1 is 0.951 bits per heavy atom. The van der Waals surface area contributed by atoms with Gasteiger partial charge < -0.3 is 15.0 Å². The van der Waals surface area contributed by atoms with Gasteiger partial charge >= 0.3 is 0 Å². The summed E-state index contributed by atoms with van der Waals surface area (Å²) in [7, 11) is 1.66. The van der Waals surface area contributed by atoms with Crippen molar-refractivity contribution in [3.63, 3.8) is 0 Å². The van der Waals surface area contributed by atoms with Gasteiger partial charge in [-0.05, 0) is 67.7 Å². The summed E-state index contributed by atoms with van der Waals surface area (Å²) in [5.74, 6) is 1.50. The predicted octanol–water partition coefficient (Wildman–Crippen LogP) is 5.42.